The van der Waals surface area contributed by atoms with E-state index in [2.05, 4.69) is 15.3 Å². The molecule has 0 unspecified atom stereocenters. The lowest BCUT2D eigenvalue weighted by Gasteiger charge is -2.22. The topological polar surface area (TPSA) is 58.1 Å². The Hall–Kier alpha value is -3.21. The van der Waals surface area contributed by atoms with Crippen molar-refractivity contribution >= 4 is 23.2 Å². The summed E-state index contributed by atoms with van der Waals surface area (Å²) in [6.45, 7) is 0. The molecule has 5 nitrogen and oxygen atoms in total. The average molecular weight is 304 g/mol. The molecule has 23 heavy (non-hydrogen) atoms. The van der Waals surface area contributed by atoms with Gasteiger partial charge in [-0.2, -0.15) is 0 Å². The van der Waals surface area contributed by atoms with Gasteiger partial charge < -0.3 is 5.32 Å². The second-order valence-electron chi connectivity index (χ2n) is 4.84. The van der Waals surface area contributed by atoms with Crippen molar-refractivity contribution in [3.8, 4) is 0 Å². The van der Waals surface area contributed by atoms with Gasteiger partial charge >= 0.3 is 0 Å². The number of nitrogens with zero attached hydrogens (tertiary/aromatic N) is 3. The Morgan fingerprint density at radius 1 is 0.870 bits per heavy atom. The molecule has 1 amide bonds. The number of benzene rings is 1. The molecule has 2 aromatic heterocycles. The largest absolute Gasteiger partial charge is 0.355 e. The van der Waals surface area contributed by atoms with Crippen LogP contribution in [0, 0.1) is 0 Å². The van der Waals surface area contributed by atoms with Crippen molar-refractivity contribution in [2.45, 2.75) is 0 Å². The molecule has 0 aliphatic rings. The third-order valence-corrected chi connectivity index (χ3v) is 3.37. The molecule has 0 atom stereocenters. The van der Waals surface area contributed by atoms with E-state index in [0.29, 0.717) is 5.56 Å². The first-order valence-corrected chi connectivity index (χ1v) is 7.24. The second kappa shape index (κ2) is 6.70. The normalized spacial score (nSPS) is 10.1. The molecular weight excluding hydrogens is 288 g/mol. The number of aromatic nitrogens is 2. The zero-order valence-corrected chi connectivity index (χ0v) is 12.7. The first-order valence-electron chi connectivity index (χ1n) is 7.24. The van der Waals surface area contributed by atoms with E-state index in [9.17, 15) is 4.79 Å². The highest BCUT2D eigenvalue weighted by Gasteiger charge is 2.14. The molecule has 0 aliphatic heterocycles. The summed E-state index contributed by atoms with van der Waals surface area (Å²) in [5.74, 6) is 1.41. The van der Waals surface area contributed by atoms with Crippen LogP contribution >= 0.6 is 0 Å². The molecule has 0 saturated heterocycles. The van der Waals surface area contributed by atoms with Crippen LogP contribution in [0.2, 0.25) is 0 Å². The van der Waals surface area contributed by atoms with Crippen molar-refractivity contribution in [3.63, 3.8) is 0 Å². The van der Waals surface area contributed by atoms with E-state index in [1.54, 1.807) is 31.6 Å². The highest BCUT2D eigenvalue weighted by molar-refractivity contribution is 5.94. The number of hydrogen-bond acceptors (Lipinski definition) is 4. The van der Waals surface area contributed by atoms with Gasteiger partial charge in [0.2, 0.25) is 0 Å². The number of rotatable bonds is 4. The molecule has 0 bridgehead atoms. The predicted octanol–water partition coefficient (Wildman–Crippen LogP) is 3.31. The summed E-state index contributed by atoms with van der Waals surface area (Å²) in [5, 5.41) is 2.62. The van der Waals surface area contributed by atoms with E-state index in [-0.39, 0.29) is 5.91 Å². The summed E-state index contributed by atoms with van der Waals surface area (Å²) in [4.78, 5) is 22.4. The third kappa shape index (κ3) is 3.18. The van der Waals surface area contributed by atoms with Gasteiger partial charge in [0, 0.05) is 30.7 Å². The maximum absolute atomic E-state index is 11.7. The van der Waals surface area contributed by atoms with Crippen LogP contribution in [0.15, 0.2) is 73.1 Å². The fourth-order valence-corrected chi connectivity index (χ4v) is 2.26. The number of amides is 1. The Morgan fingerprint density at radius 3 is 1.87 bits per heavy atom. The predicted molar refractivity (Wildman–Crippen MR) is 90.1 cm³/mol. The van der Waals surface area contributed by atoms with E-state index in [1.165, 1.54) is 0 Å². The van der Waals surface area contributed by atoms with Gasteiger partial charge in [-0.25, -0.2) is 9.97 Å². The molecule has 5 heteroatoms. The summed E-state index contributed by atoms with van der Waals surface area (Å²) in [6.07, 6.45) is 3.48. The Kier molecular flexibility index (Phi) is 4.29. The van der Waals surface area contributed by atoms with Crippen LogP contribution in [0.4, 0.5) is 17.3 Å². The van der Waals surface area contributed by atoms with Crippen molar-refractivity contribution in [1.82, 2.24) is 15.3 Å². The first-order chi connectivity index (χ1) is 11.3. The Labute approximate surface area is 134 Å². The number of carbonyl (C=O) groups is 1. The van der Waals surface area contributed by atoms with Gasteiger partial charge in [0.05, 0.1) is 0 Å². The van der Waals surface area contributed by atoms with Crippen molar-refractivity contribution in [2.24, 2.45) is 0 Å². The lowest BCUT2D eigenvalue weighted by atomic mass is 10.1. The van der Waals surface area contributed by atoms with Crippen LogP contribution in [0.25, 0.3) is 0 Å². The van der Waals surface area contributed by atoms with Crippen LogP contribution in [0.1, 0.15) is 10.4 Å². The molecule has 0 radical (unpaired) electrons. The maximum Gasteiger partial charge on any atom is 0.251 e. The van der Waals surface area contributed by atoms with Gasteiger partial charge in [-0.1, -0.05) is 12.1 Å². The highest BCUT2D eigenvalue weighted by atomic mass is 16.1. The molecule has 2 heterocycles. The van der Waals surface area contributed by atoms with Gasteiger partial charge in [-0.05, 0) is 48.5 Å². The van der Waals surface area contributed by atoms with Crippen LogP contribution in [-0.2, 0) is 0 Å². The van der Waals surface area contributed by atoms with Crippen molar-refractivity contribution in [1.29, 1.82) is 0 Å². The number of carbonyl (C=O) groups excluding carboxylic acids is 1. The molecule has 1 aromatic carbocycles. The Balaban J connectivity index is 2.04. The highest BCUT2D eigenvalue weighted by Crippen LogP contribution is 2.31. The minimum atomic E-state index is -0.112. The SMILES string of the molecule is CNC(=O)c1ccc(N(c2ccccn2)c2ccccn2)cc1. The molecule has 1 N–H and O–H groups in total. The first kappa shape index (κ1) is 14.7. The molecule has 0 spiro atoms. The lowest BCUT2D eigenvalue weighted by Crippen LogP contribution is -2.18. The van der Waals surface area contributed by atoms with Crippen molar-refractivity contribution in [3.05, 3.63) is 78.6 Å². The molecule has 3 aromatic rings. The Morgan fingerprint density at radius 2 is 1.43 bits per heavy atom. The summed E-state index contributed by atoms with van der Waals surface area (Å²) in [6, 6.07) is 18.8. The number of nitrogens with one attached hydrogen (secondary N) is 1. The quantitative estimate of drug-likeness (QED) is 0.803. The minimum Gasteiger partial charge on any atom is -0.355 e. The average Bonchev–Trinajstić information content (AvgIpc) is 2.64. The van der Waals surface area contributed by atoms with E-state index >= 15 is 0 Å². The number of anilines is 3. The molecule has 0 aliphatic carbocycles. The molecule has 0 fully saturated rings. The second-order valence-corrected chi connectivity index (χ2v) is 4.84. The van der Waals surface area contributed by atoms with Crippen LogP contribution in [-0.4, -0.2) is 22.9 Å². The van der Waals surface area contributed by atoms with Gasteiger partial charge in [0.1, 0.15) is 11.6 Å². The van der Waals surface area contributed by atoms with Gasteiger partial charge in [0.25, 0.3) is 5.91 Å². The van der Waals surface area contributed by atoms with E-state index in [0.717, 1.165) is 17.3 Å². The standard InChI is InChI=1S/C18H16N4O/c1-19-18(23)14-8-10-15(11-9-14)22(16-6-2-4-12-20-16)17-7-3-5-13-21-17/h2-13H,1H3,(H,19,23). The van der Waals surface area contributed by atoms with Crippen molar-refractivity contribution < 1.29 is 4.79 Å². The van der Waals surface area contributed by atoms with Gasteiger partial charge in [0.15, 0.2) is 0 Å². The number of pyridine rings is 2. The summed E-state index contributed by atoms with van der Waals surface area (Å²) in [7, 11) is 1.62. The molecular formula is C18H16N4O. The zero-order valence-electron chi connectivity index (χ0n) is 12.7. The number of hydrogen-bond donors (Lipinski definition) is 1. The van der Waals surface area contributed by atoms with Gasteiger partial charge in [-0.15, -0.1) is 0 Å². The van der Waals surface area contributed by atoms with E-state index in [1.807, 2.05) is 53.4 Å². The van der Waals surface area contributed by atoms with Crippen LogP contribution in [0.5, 0.6) is 0 Å². The van der Waals surface area contributed by atoms with Crippen molar-refractivity contribution in [2.75, 3.05) is 11.9 Å². The Bertz CT molecular complexity index is 734. The van der Waals surface area contributed by atoms with Crippen LogP contribution < -0.4 is 10.2 Å². The molecule has 114 valence electrons. The summed E-state index contributed by atoms with van der Waals surface area (Å²) in [5.41, 5.74) is 1.49. The monoisotopic (exact) mass is 304 g/mol. The molecule has 3 rings (SSSR count). The summed E-state index contributed by atoms with van der Waals surface area (Å²) < 4.78 is 0. The van der Waals surface area contributed by atoms with Gasteiger partial charge in [-0.3, -0.25) is 9.69 Å². The third-order valence-electron chi connectivity index (χ3n) is 3.37. The summed E-state index contributed by atoms with van der Waals surface area (Å²) >= 11 is 0. The smallest absolute Gasteiger partial charge is 0.251 e. The molecule has 0 saturated carbocycles. The minimum absolute atomic E-state index is 0.112. The van der Waals surface area contributed by atoms with E-state index < -0.39 is 0 Å². The zero-order chi connectivity index (χ0) is 16.1. The fraction of sp³-hybridized carbons (Fsp3) is 0.0556. The van der Waals surface area contributed by atoms with E-state index in [4.69, 9.17) is 0 Å². The fourth-order valence-electron chi connectivity index (χ4n) is 2.26. The van der Waals surface area contributed by atoms with Crippen LogP contribution in [0.3, 0.4) is 0 Å². The maximum atomic E-state index is 11.7. The lowest BCUT2D eigenvalue weighted by molar-refractivity contribution is 0.0963.